The Kier molecular flexibility index (Phi) is 7.32. The van der Waals surface area contributed by atoms with Crippen molar-refractivity contribution in [1.82, 2.24) is 4.90 Å². The number of nitrogens with two attached hydrogens (primary N) is 1. The molecule has 2 unspecified atom stereocenters. The Morgan fingerprint density at radius 1 is 1.16 bits per heavy atom. The Balaban J connectivity index is 2.56. The third-order valence-corrected chi connectivity index (χ3v) is 6.09. The van der Waals surface area contributed by atoms with E-state index in [9.17, 15) is 8.42 Å². The molecular formula is C14H30N2O2S. The predicted molar refractivity (Wildman–Crippen MR) is 81.0 cm³/mol. The van der Waals surface area contributed by atoms with Crippen LogP contribution in [-0.2, 0) is 9.84 Å². The molecule has 0 heterocycles. The first-order valence-electron chi connectivity index (χ1n) is 7.68. The van der Waals surface area contributed by atoms with E-state index in [1.165, 1.54) is 25.7 Å². The van der Waals surface area contributed by atoms with Crippen LogP contribution in [0, 0.1) is 5.92 Å². The third-order valence-electron chi connectivity index (χ3n) is 4.25. The van der Waals surface area contributed by atoms with Crippen LogP contribution in [0.2, 0.25) is 0 Å². The molecule has 2 atom stereocenters. The lowest BCUT2D eigenvalue weighted by atomic mass is 9.83. The fraction of sp³-hybridized carbons (Fsp3) is 1.00. The summed E-state index contributed by atoms with van der Waals surface area (Å²) >= 11 is 0. The van der Waals surface area contributed by atoms with Gasteiger partial charge in [0.05, 0.1) is 5.75 Å². The van der Waals surface area contributed by atoms with Gasteiger partial charge >= 0.3 is 0 Å². The van der Waals surface area contributed by atoms with E-state index in [1.54, 1.807) is 0 Å². The van der Waals surface area contributed by atoms with E-state index >= 15 is 0 Å². The zero-order valence-corrected chi connectivity index (χ0v) is 13.3. The van der Waals surface area contributed by atoms with Crippen molar-refractivity contribution >= 4 is 9.84 Å². The van der Waals surface area contributed by atoms with Crippen LogP contribution in [0.5, 0.6) is 0 Å². The highest BCUT2D eigenvalue weighted by molar-refractivity contribution is 7.91. The van der Waals surface area contributed by atoms with Gasteiger partial charge in [-0.3, -0.25) is 4.90 Å². The van der Waals surface area contributed by atoms with Crippen LogP contribution < -0.4 is 5.73 Å². The van der Waals surface area contributed by atoms with E-state index in [2.05, 4.69) is 11.8 Å². The van der Waals surface area contributed by atoms with E-state index in [0.717, 1.165) is 13.1 Å². The molecule has 2 N–H and O–H groups in total. The highest BCUT2D eigenvalue weighted by atomic mass is 32.2. The molecule has 0 aromatic carbocycles. The van der Waals surface area contributed by atoms with Crippen molar-refractivity contribution in [3.05, 3.63) is 0 Å². The molecule has 0 saturated heterocycles. The maximum Gasteiger partial charge on any atom is 0.151 e. The standard InChI is InChI=1S/C14H30N2O2S/c1-3-10-19(17,18)11-9-16(4-2)14-8-6-5-7-13(14)12-15/h13-14H,3-12,15H2,1-2H3. The van der Waals surface area contributed by atoms with Crippen LogP contribution in [0.4, 0.5) is 0 Å². The summed E-state index contributed by atoms with van der Waals surface area (Å²) in [5.41, 5.74) is 5.87. The molecular weight excluding hydrogens is 260 g/mol. The van der Waals surface area contributed by atoms with Gasteiger partial charge in [-0.15, -0.1) is 0 Å². The average molecular weight is 290 g/mol. The molecule has 0 bridgehead atoms. The van der Waals surface area contributed by atoms with Gasteiger partial charge in [0.2, 0.25) is 0 Å². The van der Waals surface area contributed by atoms with Crippen LogP contribution in [0.25, 0.3) is 0 Å². The Morgan fingerprint density at radius 3 is 2.42 bits per heavy atom. The molecule has 1 saturated carbocycles. The fourth-order valence-corrected chi connectivity index (χ4v) is 4.51. The minimum atomic E-state index is -2.87. The minimum Gasteiger partial charge on any atom is -0.330 e. The summed E-state index contributed by atoms with van der Waals surface area (Å²) in [5, 5.41) is 0. The van der Waals surface area contributed by atoms with Crippen LogP contribution in [0.15, 0.2) is 0 Å². The normalized spacial score (nSPS) is 24.8. The van der Waals surface area contributed by atoms with Crippen LogP contribution in [0.3, 0.4) is 0 Å². The van der Waals surface area contributed by atoms with E-state index in [4.69, 9.17) is 5.73 Å². The molecule has 0 aliphatic heterocycles. The van der Waals surface area contributed by atoms with Crippen LogP contribution >= 0.6 is 0 Å². The first kappa shape index (κ1) is 16.9. The van der Waals surface area contributed by atoms with Crippen molar-refractivity contribution in [2.24, 2.45) is 11.7 Å². The minimum absolute atomic E-state index is 0.294. The Bertz CT molecular complexity index is 343. The number of rotatable bonds is 8. The molecule has 1 fully saturated rings. The lowest BCUT2D eigenvalue weighted by molar-refractivity contribution is 0.119. The van der Waals surface area contributed by atoms with Gasteiger partial charge in [-0.2, -0.15) is 0 Å². The quantitative estimate of drug-likeness (QED) is 0.738. The van der Waals surface area contributed by atoms with Crippen molar-refractivity contribution in [3.63, 3.8) is 0 Å². The van der Waals surface area contributed by atoms with Crippen molar-refractivity contribution in [2.75, 3.05) is 31.1 Å². The van der Waals surface area contributed by atoms with E-state index in [-0.39, 0.29) is 0 Å². The molecule has 1 rings (SSSR count). The smallest absolute Gasteiger partial charge is 0.151 e. The number of nitrogens with zero attached hydrogens (tertiary/aromatic N) is 1. The number of hydrogen-bond donors (Lipinski definition) is 1. The number of sulfone groups is 1. The molecule has 1 aliphatic rings. The zero-order valence-electron chi connectivity index (χ0n) is 12.5. The molecule has 1 aliphatic carbocycles. The van der Waals surface area contributed by atoms with Gasteiger partial charge in [0, 0.05) is 18.3 Å². The van der Waals surface area contributed by atoms with E-state index < -0.39 is 9.84 Å². The van der Waals surface area contributed by atoms with Crippen molar-refractivity contribution in [2.45, 2.75) is 52.0 Å². The van der Waals surface area contributed by atoms with Crippen LogP contribution in [0.1, 0.15) is 46.0 Å². The van der Waals surface area contributed by atoms with Gasteiger partial charge in [0.1, 0.15) is 0 Å². The lowest BCUT2D eigenvalue weighted by Crippen LogP contribution is -2.46. The van der Waals surface area contributed by atoms with Crippen molar-refractivity contribution < 1.29 is 8.42 Å². The van der Waals surface area contributed by atoms with E-state index in [1.807, 2.05) is 6.92 Å². The van der Waals surface area contributed by atoms with Crippen molar-refractivity contribution in [3.8, 4) is 0 Å². The van der Waals surface area contributed by atoms with Gasteiger partial charge in [0.15, 0.2) is 9.84 Å². The Morgan fingerprint density at radius 2 is 1.84 bits per heavy atom. The molecule has 19 heavy (non-hydrogen) atoms. The molecule has 0 amide bonds. The summed E-state index contributed by atoms with van der Waals surface area (Å²) in [4.78, 5) is 2.34. The first-order chi connectivity index (χ1) is 9.04. The molecule has 0 radical (unpaired) electrons. The topological polar surface area (TPSA) is 63.4 Å². The maximum atomic E-state index is 11.8. The second-order valence-electron chi connectivity index (χ2n) is 5.63. The number of hydrogen-bond acceptors (Lipinski definition) is 4. The Hall–Kier alpha value is -0.130. The summed E-state index contributed by atoms with van der Waals surface area (Å²) in [5.74, 6) is 1.15. The predicted octanol–water partition coefficient (Wildman–Crippen LogP) is 1.65. The average Bonchev–Trinajstić information content (AvgIpc) is 2.39. The molecule has 114 valence electrons. The van der Waals surface area contributed by atoms with Gasteiger partial charge in [0.25, 0.3) is 0 Å². The third kappa shape index (κ3) is 5.40. The Labute approximate surface area is 118 Å². The SMILES string of the molecule is CCCS(=O)(=O)CCN(CC)C1CCCCC1CN. The summed E-state index contributed by atoms with van der Waals surface area (Å²) in [6.45, 7) is 6.35. The summed E-state index contributed by atoms with van der Waals surface area (Å²) in [7, 11) is -2.87. The van der Waals surface area contributed by atoms with Gasteiger partial charge in [-0.05, 0) is 38.3 Å². The second-order valence-corrected chi connectivity index (χ2v) is 7.93. The van der Waals surface area contributed by atoms with Crippen molar-refractivity contribution in [1.29, 1.82) is 0 Å². The fourth-order valence-electron chi connectivity index (χ4n) is 3.17. The maximum absolute atomic E-state index is 11.8. The first-order valence-corrected chi connectivity index (χ1v) is 9.50. The monoisotopic (exact) mass is 290 g/mol. The highest BCUT2D eigenvalue weighted by Crippen LogP contribution is 2.27. The van der Waals surface area contributed by atoms with Gasteiger partial charge in [-0.25, -0.2) is 8.42 Å². The molecule has 5 heteroatoms. The molecule has 0 aromatic heterocycles. The van der Waals surface area contributed by atoms with Crippen LogP contribution in [-0.4, -0.2) is 50.5 Å². The summed E-state index contributed by atoms with van der Waals surface area (Å²) in [6, 6.07) is 0.487. The lowest BCUT2D eigenvalue weighted by Gasteiger charge is -2.39. The van der Waals surface area contributed by atoms with Gasteiger partial charge < -0.3 is 5.73 Å². The molecule has 0 aromatic rings. The molecule has 4 nitrogen and oxygen atoms in total. The zero-order chi connectivity index (χ0) is 14.3. The van der Waals surface area contributed by atoms with E-state index in [0.29, 0.717) is 36.4 Å². The summed E-state index contributed by atoms with van der Waals surface area (Å²) in [6.07, 6.45) is 5.59. The second kappa shape index (κ2) is 8.22. The van der Waals surface area contributed by atoms with Gasteiger partial charge in [-0.1, -0.05) is 26.7 Å². The molecule has 0 spiro atoms. The largest absolute Gasteiger partial charge is 0.330 e. The summed E-state index contributed by atoms with van der Waals surface area (Å²) < 4.78 is 23.7. The highest BCUT2D eigenvalue weighted by Gasteiger charge is 2.28.